The number of amides is 1. The summed E-state index contributed by atoms with van der Waals surface area (Å²) in [5.41, 5.74) is 1.43. The lowest BCUT2D eigenvalue weighted by atomic mass is 9.75. The van der Waals surface area contributed by atoms with Crippen molar-refractivity contribution in [2.24, 2.45) is 5.92 Å². The molecule has 1 N–H and O–H groups in total. The Balaban J connectivity index is 1.12. The third kappa shape index (κ3) is 5.71. The highest BCUT2D eigenvalue weighted by Gasteiger charge is 2.42. The van der Waals surface area contributed by atoms with Gasteiger partial charge in [0.1, 0.15) is 5.67 Å². The fraction of sp³-hybridized carbons (Fsp3) is 0.567. The van der Waals surface area contributed by atoms with Gasteiger partial charge >= 0.3 is 0 Å². The summed E-state index contributed by atoms with van der Waals surface area (Å²) in [4.78, 5) is 15.2. The summed E-state index contributed by atoms with van der Waals surface area (Å²) in [6.07, 6.45) is 8.83. The molecular formula is C30H39FN2O. The van der Waals surface area contributed by atoms with E-state index in [9.17, 15) is 4.79 Å². The molecule has 1 heterocycles. The zero-order chi connectivity index (χ0) is 23.4. The summed E-state index contributed by atoms with van der Waals surface area (Å²) in [5, 5.41) is 3.48. The highest BCUT2D eigenvalue weighted by atomic mass is 19.1. The molecule has 0 radical (unpaired) electrons. The molecule has 34 heavy (non-hydrogen) atoms. The first-order chi connectivity index (χ1) is 16.6. The third-order valence-electron chi connectivity index (χ3n) is 8.55. The molecule has 3 nitrogen and oxygen atoms in total. The van der Waals surface area contributed by atoms with Gasteiger partial charge in [0.05, 0.1) is 0 Å². The van der Waals surface area contributed by atoms with Gasteiger partial charge in [0.2, 0.25) is 5.91 Å². The molecule has 5 rings (SSSR count). The van der Waals surface area contributed by atoms with E-state index < -0.39 is 5.67 Å². The van der Waals surface area contributed by atoms with Crippen LogP contribution < -0.4 is 5.32 Å². The van der Waals surface area contributed by atoms with E-state index >= 15 is 4.39 Å². The maximum atomic E-state index is 15.5. The van der Waals surface area contributed by atoms with Crippen LogP contribution in [-0.4, -0.2) is 42.2 Å². The standard InChI is InChI=1S/C30H39FN2O/c31-30(22-32-28-20-27(28)25-14-8-3-9-15-25)16-18-33(19-17-30)29(34)21-26(23-10-4-1-5-11-23)24-12-6-2-7-13-24/h1,3-5,8-11,14-15,24,26-28,32H,2,6-7,12-13,16-22H2/t26?,27-,28+/m0/s1. The van der Waals surface area contributed by atoms with Gasteiger partial charge < -0.3 is 10.2 Å². The summed E-state index contributed by atoms with van der Waals surface area (Å²) in [6, 6.07) is 21.5. The number of rotatable bonds is 8. The molecule has 3 fully saturated rings. The maximum absolute atomic E-state index is 15.5. The van der Waals surface area contributed by atoms with Gasteiger partial charge in [-0.3, -0.25) is 4.79 Å². The predicted molar refractivity (Wildman–Crippen MR) is 136 cm³/mol. The lowest BCUT2D eigenvalue weighted by molar-refractivity contribution is -0.134. The van der Waals surface area contributed by atoms with Gasteiger partial charge in [-0.15, -0.1) is 0 Å². The minimum atomic E-state index is -1.21. The number of hydrogen-bond acceptors (Lipinski definition) is 2. The van der Waals surface area contributed by atoms with Crippen LogP contribution >= 0.6 is 0 Å². The number of piperidine rings is 1. The van der Waals surface area contributed by atoms with Crippen LogP contribution in [0.25, 0.3) is 0 Å². The van der Waals surface area contributed by atoms with Crippen molar-refractivity contribution < 1.29 is 9.18 Å². The Bertz CT molecular complexity index is 919. The molecule has 0 bridgehead atoms. The maximum Gasteiger partial charge on any atom is 0.223 e. The van der Waals surface area contributed by atoms with Crippen molar-refractivity contribution >= 4 is 5.91 Å². The fourth-order valence-electron chi connectivity index (χ4n) is 6.25. The molecule has 4 heteroatoms. The normalized spacial score (nSPS) is 25.6. The van der Waals surface area contributed by atoms with Crippen molar-refractivity contribution in [1.82, 2.24) is 10.2 Å². The Kier molecular flexibility index (Phi) is 7.34. The Morgan fingerprint density at radius 3 is 2.29 bits per heavy atom. The van der Waals surface area contributed by atoms with Gasteiger partial charge in [-0.25, -0.2) is 4.39 Å². The molecule has 1 saturated heterocycles. The summed E-state index contributed by atoms with van der Waals surface area (Å²) in [7, 11) is 0. The van der Waals surface area contributed by atoms with E-state index in [4.69, 9.17) is 0 Å². The predicted octanol–water partition coefficient (Wildman–Crippen LogP) is 6.22. The van der Waals surface area contributed by atoms with E-state index in [-0.39, 0.29) is 11.8 Å². The van der Waals surface area contributed by atoms with E-state index in [2.05, 4.69) is 53.8 Å². The third-order valence-corrected chi connectivity index (χ3v) is 8.55. The van der Waals surface area contributed by atoms with Crippen molar-refractivity contribution in [3.8, 4) is 0 Å². The number of likely N-dealkylation sites (tertiary alicyclic amines) is 1. The largest absolute Gasteiger partial charge is 0.342 e. The highest BCUT2D eigenvalue weighted by molar-refractivity contribution is 5.77. The molecule has 3 aliphatic rings. The average Bonchev–Trinajstić information content (AvgIpc) is 3.68. The molecule has 2 aliphatic carbocycles. The van der Waals surface area contributed by atoms with Crippen LogP contribution in [0, 0.1) is 5.92 Å². The smallest absolute Gasteiger partial charge is 0.223 e. The number of halogens is 1. The first-order valence-electron chi connectivity index (χ1n) is 13.4. The quantitative estimate of drug-likeness (QED) is 0.505. The monoisotopic (exact) mass is 462 g/mol. The molecule has 0 spiro atoms. The van der Waals surface area contributed by atoms with E-state index in [0.717, 1.165) is 6.42 Å². The SMILES string of the molecule is O=C(CC(c1ccccc1)C1CCCCC1)N1CCC(F)(CN[C@@H]2C[C@H]2c2ccccc2)CC1. The molecule has 182 valence electrons. The minimum absolute atomic E-state index is 0.209. The molecule has 2 aromatic rings. The molecule has 2 aromatic carbocycles. The number of benzene rings is 2. The zero-order valence-corrected chi connectivity index (χ0v) is 20.3. The number of carbonyl (C=O) groups is 1. The second-order valence-electron chi connectivity index (χ2n) is 10.9. The van der Waals surface area contributed by atoms with E-state index in [0.29, 0.717) is 56.8 Å². The van der Waals surface area contributed by atoms with Crippen molar-refractivity contribution in [3.63, 3.8) is 0 Å². The fourth-order valence-corrected chi connectivity index (χ4v) is 6.25. The van der Waals surface area contributed by atoms with E-state index in [1.165, 1.54) is 43.2 Å². The molecule has 2 saturated carbocycles. The zero-order valence-electron chi connectivity index (χ0n) is 20.3. The number of nitrogens with zero attached hydrogens (tertiary/aromatic N) is 1. The first kappa shape index (κ1) is 23.5. The second-order valence-corrected chi connectivity index (χ2v) is 10.9. The number of nitrogens with one attached hydrogen (secondary N) is 1. The molecule has 1 unspecified atom stereocenters. The van der Waals surface area contributed by atoms with Crippen LogP contribution in [0.5, 0.6) is 0 Å². The molecular weight excluding hydrogens is 423 g/mol. The number of hydrogen-bond donors (Lipinski definition) is 1. The molecule has 1 aliphatic heterocycles. The van der Waals surface area contributed by atoms with Crippen LogP contribution in [0.15, 0.2) is 60.7 Å². The topological polar surface area (TPSA) is 32.3 Å². The van der Waals surface area contributed by atoms with Gasteiger partial charge in [0.25, 0.3) is 0 Å². The van der Waals surface area contributed by atoms with Gasteiger partial charge in [-0.05, 0) is 42.2 Å². The first-order valence-corrected chi connectivity index (χ1v) is 13.4. The molecule has 3 atom stereocenters. The lowest BCUT2D eigenvalue weighted by Gasteiger charge is -2.38. The number of alkyl halides is 1. The minimum Gasteiger partial charge on any atom is -0.342 e. The Labute approximate surface area is 204 Å². The van der Waals surface area contributed by atoms with Crippen molar-refractivity contribution in [2.45, 2.75) is 81.3 Å². The Morgan fingerprint density at radius 1 is 0.971 bits per heavy atom. The van der Waals surface area contributed by atoms with Gasteiger partial charge in [0.15, 0.2) is 0 Å². The molecule has 1 amide bonds. The van der Waals surface area contributed by atoms with Crippen molar-refractivity contribution in [1.29, 1.82) is 0 Å². The van der Waals surface area contributed by atoms with Gasteiger partial charge in [-0.2, -0.15) is 0 Å². The summed E-state index contributed by atoms with van der Waals surface area (Å²) < 4.78 is 15.5. The van der Waals surface area contributed by atoms with Gasteiger partial charge in [-0.1, -0.05) is 79.9 Å². The lowest BCUT2D eigenvalue weighted by Crippen LogP contribution is -2.49. The van der Waals surface area contributed by atoms with Crippen LogP contribution in [0.4, 0.5) is 4.39 Å². The van der Waals surface area contributed by atoms with Crippen molar-refractivity contribution in [3.05, 3.63) is 71.8 Å². The summed E-state index contributed by atoms with van der Waals surface area (Å²) in [5.74, 6) is 1.60. The average molecular weight is 463 g/mol. The van der Waals surface area contributed by atoms with Crippen LogP contribution in [-0.2, 0) is 4.79 Å². The van der Waals surface area contributed by atoms with Crippen molar-refractivity contribution in [2.75, 3.05) is 19.6 Å². The number of carbonyl (C=O) groups excluding carboxylic acids is 1. The second kappa shape index (κ2) is 10.6. The van der Waals surface area contributed by atoms with Crippen LogP contribution in [0.3, 0.4) is 0 Å². The van der Waals surface area contributed by atoms with Crippen LogP contribution in [0.2, 0.25) is 0 Å². The highest BCUT2D eigenvalue weighted by Crippen LogP contribution is 2.42. The van der Waals surface area contributed by atoms with Crippen LogP contribution in [0.1, 0.15) is 80.8 Å². The Morgan fingerprint density at radius 2 is 1.62 bits per heavy atom. The molecule has 0 aromatic heterocycles. The van der Waals surface area contributed by atoms with E-state index in [1.807, 2.05) is 17.0 Å². The summed E-state index contributed by atoms with van der Waals surface area (Å²) in [6.45, 7) is 1.48. The van der Waals surface area contributed by atoms with E-state index in [1.54, 1.807) is 0 Å². The summed E-state index contributed by atoms with van der Waals surface area (Å²) >= 11 is 0. The van der Waals surface area contributed by atoms with Gasteiger partial charge in [0, 0.05) is 50.9 Å². The Hall–Kier alpha value is -2.20.